The van der Waals surface area contributed by atoms with Gasteiger partial charge in [0.05, 0.1) is 24.7 Å². The number of phenolic OH excluding ortho intramolecular Hbond substituents is 1. The fourth-order valence-electron chi connectivity index (χ4n) is 4.04. The van der Waals surface area contributed by atoms with Crippen molar-refractivity contribution in [2.45, 2.75) is 39.0 Å². The molecule has 1 saturated carbocycles. The first-order valence-corrected chi connectivity index (χ1v) is 9.90. The first-order chi connectivity index (χ1) is 14.0. The standard InChI is InChI=1S/C22H27NO6/c1-4-28-18-12-14(8-9-16(18)24)20-19(22(26)29-11-10-27-3)13(2)23-15-6-5-7-17(25)21(15)20/h8-9,12,20-21,24H,4-7,10-11H2,1-3H3/t20-,21?/m0/s1. The number of nitrogens with zero attached hydrogens (tertiary/aromatic N) is 1. The lowest BCUT2D eigenvalue weighted by molar-refractivity contribution is -0.140. The molecule has 1 aromatic rings. The summed E-state index contributed by atoms with van der Waals surface area (Å²) in [4.78, 5) is 30.4. The summed E-state index contributed by atoms with van der Waals surface area (Å²) in [5, 5.41) is 10.1. The maximum atomic E-state index is 12.9. The minimum absolute atomic E-state index is 0.0141. The molecule has 3 rings (SSSR count). The number of phenols is 1. The number of benzene rings is 1. The lowest BCUT2D eigenvalue weighted by Crippen LogP contribution is -2.39. The predicted octanol–water partition coefficient (Wildman–Crippen LogP) is 3.16. The van der Waals surface area contributed by atoms with E-state index in [0.29, 0.717) is 30.0 Å². The van der Waals surface area contributed by atoms with Gasteiger partial charge in [0, 0.05) is 30.9 Å². The van der Waals surface area contributed by atoms with E-state index in [1.807, 2.05) is 6.92 Å². The molecule has 156 valence electrons. The van der Waals surface area contributed by atoms with E-state index < -0.39 is 17.8 Å². The van der Waals surface area contributed by atoms with Crippen molar-refractivity contribution >= 4 is 17.5 Å². The van der Waals surface area contributed by atoms with Gasteiger partial charge in [-0.1, -0.05) is 6.07 Å². The number of hydrogen-bond acceptors (Lipinski definition) is 7. The number of carbonyl (C=O) groups excluding carboxylic acids is 2. The second kappa shape index (κ2) is 9.22. The smallest absolute Gasteiger partial charge is 0.336 e. The summed E-state index contributed by atoms with van der Waals surface area (Å²) >= 11 is 0. The van der Waals surface area contributed by atoms with E-state index in [-0.39, 0.29) is 24.7 Å². The van der Waals surface area contributed by atoms with Crippen molar-refractivity contribution in [3.8, 4) is 11.5 Å². The van der Waals surface area contributed by atoms with Crippen LogP contribution in [0, 0.1) is 5.92 Å². The van der Waals surface area contributed by atoms with Gasteiger partial charge in [-0.05, 0) is 44.4 Å². The van der Waals surface area contributed by atoms with Gasteiger partial charge in [0.25, 0.3) is 0 Å². The monoisotopic (exact) mass is 401 g/mol. The molecule has 0 bridgehead atoms. The Balaban J connectivity index is 2.07. The number of Topliss-reactive ketones (excluding diaryl/α,β-unsaturated/α-hetero) is 1. The summed E-state index contributed by atoms with van der Waals surface area (Å²) in [5.41, 5.74) is 2.46. The van der Waals surface area contributed by atoms with Crippen LogP contribution in [0.25, 0.3) is 0 Å². The van der Waals surface area contributed by atoms with E-state index in [0.717, 1.165) is 24.1 Å². The molecule has 2 aliphatic rings. The Morgan fingerprint density at radius 3 is 2.76 bits per heavy atom. The highest BCUT2D eigenvalue weighted by atomic mass is 16.6. The van der Waals surface area contributed by atoms with Crippen LogP contribution < -0.4 is 4.74 Å². The Morgan fingerprint density at radius 1 is 1.24 bits per heavy atom. The second-order valence-corrected chi connectivity index (χ2v) is 7.17. The fraction of sp³-hybridized carbons (Fsp3) is 0.500. The molecular formula is C22H27NO6. The molecule has 29 heavy (non-hydrogen) atoms. The maximum Gasteiger partial charge on any atom is 0.336 e. The van der Waals surface area contributed by atoms with Gasteiger partial charge in [-0.15, -0.1) is 0 Å². The molecule has 1 unspecified atom stereocenters. The molecule has 1 aliphatic carbocycles. The molecule has 2 atom stereocenters. The zero-order chi connectivity index (χ0) is 21.0. The van der Waals surface area contributed by atoms with Gasteiger partial charge >= 0.3 is 5.97 Å². The third kappa shape index (κ3) is 4.34. The van der Waals surface area contributed by atoms with Crippen molar-refractivity contribution < 1.29 is 28.9 Å². The summed E-state index contributed by atoms with van der Waals surface area (Å²) in [6.07, 6.45) is 1.95. The number of ether oxygens (including phenoxy) is 3. The van der Waals surface area contributed by atoms with Crippen molar-refractivity contribution in [2.24, 2.45) is 10.9 Å². The van der Waals surface area contributed by atoms with E-state index in [1.165, 1.54) is 13.2 Å². The molecule has 7 nitrogen and oxygen atoms in total. The van der Waals surface area contributed by atoms with Crippen LogP contribution in [-0.4, -0.2) is 49.5 Å². The lowest BCUT2D eigenvalue weighted by Gasteiger charge is -2.35. The minimum atomic E-state index is -0.523. The van der Waals surface area contributed by atoms with Gasteiger partial charge in [0.1, 0.15) is 12.4 Å². The number of fused-ring (bicyclic) bond motifs is 1. The van der Waals surface area contributed by atoms with Crippen molar-refractivity contribution in [2.75, 3.05) is 26.9 Å². The Hall–Kier alpha value is -2.67. The zero-order valence-corrected chi connectivity index (χ0v) is 17.1. The highest BCUT2D eigenvalue weighted by molar-refractivity contribution is 6.11. The quantitative estimate of drug-likeness (QED) is 0.557. The van der Waals surface area contributed by atoms with E-state index in [4.69, 9.17) is 14.2 Å². The second-order valence-electron chi connectivity index (χ2n) is 7.17. The van der Waals surface area contributed by atoms with Crippen LogP contribution in [0.2, 0.25) is 0 Å². The Morgan fingerprint density at radius 2 is 2.03 bits per heavy atom. The number of carbonyl (C=O) groups is 2. The molecular weight excluding hydrogens is 374 g/mol. The molecule has 1 heterocycles. The number of allylic oxidation sites excluding steroid dienone is 1. The minimum Gasteiger partial charge on any atom is -0.504 e. The van der Waals surface area contributed by atoms with Gasteiger partial charge in [0.15, 0.2) is 11.5 Å². The molecule has 7 heteroatoms. The average Bonchev–Trinajstić information content (AvgIpc) is 2.69. The van der Waals surface area contributed by atoms with Crippen LogP contribution >= 0.6 is 0 Å². The number of methoxy groups -OCH3 is 1. The molecule has 1 fully saturated rings. The van der Waals surface area contributed by atoms with Gasteiger partial charge in [-0.25, -0.2) is 4.79 Å². The molecule has 1 N–H and O–H groups in total. The molecule has 0 radical (unpaired) electrons. The van der Waals surface area contributed by atoms with Gasteiger partial charge < -0.3 is 19.3 Å². The summed E-state index contributed by atoms with van der Waals surface area (Å²) < 4.78 is 15.9. The fourth-order valence-corrected chi connectivity index (χ4v) is 4.04. The van der Waals surface area contributed by atoms with E-state index in [2.05, 4.69) is 4.99 Å². The van der Waals surface area contributed by atoms with Crippen LogP contribution in [0.3, 0.4) is 0 Å². The predicted molar refractivity (Wildman–Crippen MR) is 107 cm³/mol. The zero-order valence-electron chi connectivity index (χ0n) is 17.1. The highest BCUT2D eigenvalue weighted by Crippen LogP contribution is 2.44. The number of rotatable bonds is 7. The number of hydrogen-bond donors (Lipinski definition) is 1. The molecule has 0 amide bonds. The van der Waals surface area contributed by atoms with Crippen LogP contribution in [0.5, 0.6) is 11.5 Å². The number of aliphatic imine (C=N–C) groups is 1. The topological polar surface area (TPSA) is 94.4 Å². The average molecular weight is 401 g/mol. The molecule has 1 aromatic carbocycles. The van der Waals surface area contributed by atoms with Crippen molar-refractivity contribution in [1.82, 2.24) is 0 Å². The largest absolute Gasteiger partial charge is 0.504 e. The number of ketones is 1. The Kier molecular flexibility index (Phi) is 6.69. The number of esters is 1. The normalized spacial score (nSPS) is 21.5. The first kappa shape index (κ1) is 21.0. The van der Waals surface area contributed by atoms with Crippen molar-refractivity contribution in [3.63, 3.8) is 0 Å². The van der Waals surface area contributed by atoms with Crippen LogP contribution in [0.4, 0.5) is 0 Å². The van der Waals surface area contributed by atoms with Gasteiger partial charge in [-0.3, -0.25) is 9.79 Å². The summed E-state index contributed by atoms with van der Waals surface area (Å²) in [5.74, 6) is -1.12. The Bertz CT molecular complexity index is 857. The third-order valence-electron chi connectivity index (χ3n) is 5.29. The maximum absolute atomic E-state index is 12.9. The third-order valence-corrected chi connectivity index (χ3v) is 5.29. The molecule has 0 saturated heterocycles. The lowest BCUT2D eigenvalue weighted by atomic mass is 9.69. The van der Waals surface area contributed by atoms with Crippen molar-refractivity contribution in [1.29, 1.82) is 0 Å². The highest BCUT2D eigenvalue weighted by Gasteiger charge is 2.43. The van der Waals surface area contributed by atoms with Crippen LogP contribution in [0.1, 0.15) is 44.6 Å². The van der Waals surface area contributed by atoms with Crippen LogP contribution in [-0.2, 0) is 19.1 Å². The SMILES string of the molecule is CCOc1cc([C@H]2C(C(=O)OCCOC)=C(C)N=C3CCCC(=O)C32)ccc1O. The first-order valence-electron chi connectivity index (χ1n) is 9.90. The van der Waals surface area contributed by atoms with Gasteiger partial charge in [0.2, 0.25) is 0 Å². The Labute approximate surface area is 170 Å². The summed E-state index contributed by atoms with van der Waals surface area (Å²) in [6, 6.07) is 4.95. The molecule has 0 aromatic heterocycles. The van der Waals surface area contributed by atoms with E-state index in [1.54, 1.807) is 19.1 Å². The van der Waals surface area contributed by atoms with E-state index >= 15 is 0 Å². The molecule has 0 spiro atoms. The van der Waals surface area contributed by atoms with E-state index in [9.17, 15) is 14.7 Å². The van der Waals surface area contributed by atoms with Gasteiger partial charge in [-0.2, -0.15) is 0 Å². The van der Waals surface area contributed by atoms with Crippen molar-refractivity contribution in [3.05, 3.63) is 35.0 Å². The van der Waals surface area contributed by atoms with Crippen LogP contribution in [0.15, 0.2) is 34.5 Å². The molecule has 1 aliphatic heterocycles. The number of aromatic hydroxyl groups is 1. The summed E-state index contributed by atoms with van der Waals surface area (Å²) in [7, 11) is 1.53. The summed E-state index contributed by atoms with van der Waals surface area (Å²) in [6.45, 7) is 4.38.